The Morgan fingerprint density at radius 3 is 2.26 bits per heavy atom. The Labute approximate surface area is 232 Å². The summed E-state index contributed by atoms with van der Waals surface area (Å²) in [6.07, 6.45) is 1.00. The summed E-state index contributed by atoms with van der Waals surface area (Å²) in [5.41, 5.74) is 13.0. The zero-order chi connectivity index (χ0) is 28.5. The van der Waals surface area contributed by atoms with E-state index in [1.165, 1.54) is 0 Å². The molecule has 1 aliphatic carbocycles. The number of carbonyl (C=O) groups excluding carboxylic acids is 2. The number of amides is 2. The van der Waals surface area contributed by atoms with Crippen molar-refractivity contribution in [1.82, 2.24) is 10.6 Å². The number of carbonyl (C=O) groups is 2. The van der Waals surface area contributed by atoms with E-state index in [2.05, 4.69) is 78.8 Å². The number of hydrogen-bond acceptors (Lipinski definition) is 5. The van der Waals surface area contributed by atoms with Gasteiger partial charge in [-0.05, 0) is 58.8 Å². The van der Waals surface area contributed by atoms with E-state index in [1.807, 2.05) is 24.3 Å². The van der Waals surface area contributed by atoms with Crippen molar-refractivity contribution in [2.75, 3.05) is 26.3 Å². The fourth-order valence-corrected chi connectivity index (χ4v) is 5.49. The monoisotopic (exact) mass is 551 g/mol. The van der Waals surface area contributed by atoms with E-state index in [1.54, 1.807) is 0 Å². The number of nitrogens with zero attached hydrogens (tertiary/aromatic N) is 3. The number of azide groups is 1. The van der Waals surface area contributed by atoms with Crippen molar-refractivity contribution in [1.29, 1.82) is 0 Å². The van der Waals surface area contributed by atoms with E-state index in [-0.39, 0.29) is 23.5 Å². The third-order valence-corrected chi connectivity index (χ3v) is 12.2. The lowest BCUT2D eigenvalue weighted by molar-refractivity contribution is -0.123. The molecule has 1 aliphatic rings. The molecule has 0 heterocycles. The summed E-state index contributed by atoms with van der Waals surface area (Å²) in [7, 11) is -1.92. The standard InChI is InChI=1S/C29H41N5O4Si/c1-29(2,3)39(4,5)38-19-18-31-27(35)26(16-10-11-17-32-34-30)33-28(36)37-20-25-23-14-8-6-12-21(23)22-13-7-9-15-24(22)25/h6-9,12-15,25-26H,10-11,16-20H2,1-5H3,(H,31,35)(H,33,36). The molecule has 2 amide bonds. The highest BCUT2D eigenvalue weighted by Gasteiger charge is 2.37. The van der Waals surface area contributed by atoms with Crippen molar-refractivity contribution in [2.45, 2.75) is 70.1 Å². The topological polar surface area (TPSA) is 125 Å². The highest BCUT2D eigenvalue weighted by Crippen LogP contribution is 2.44. The number of unbranched alkanes of at least 4 members (excludes halogenated alkanes) is 1. The third-order valence-electron chi connectivity index (χ3n) is 7.69. The summed E-state index contributed by atoms with van der Waals surface area (Å²) >= 11 is 0. The normalized spacial score (nSPS) is 13.6. The molecule has 0 bridgehead atoms. The first-order valence-corrected chi connectivity index (χ1v) is 16.5. The molecule has 0 fully saturated rings. The average Bonchev–Trinajstić information content (AvgIpc) is 3.22. The highest BCUT2D eigenvalue weighted by atomic mass is 28.4. The number of nitrogens with one attached hydrogen (secondary N) is 2. The minimum absolute atomic E-state index is 0.0632. The Morgan fingerprint density at radius 2 is 1.67 bits per heavy atom. The predicted octanol–water partition coefficient (Wildman–Crippen LogP) is 6.51. The molecule has 0 saturated carbocycles. The van der Waals surface area contributed by atoms with Crippen molar-refractivity contribution in [3.63, 3.8) is 0 Å². The van der Waals surface area contributed by atoms with Gasteiger partial charge in [-0.15, -0.1) is 0 Å². The van der Waals surface area contributed by atoms with Crippen molar-refractivity contribution in [3.05, 3.63) is 70.1 Å². The summed E-state index contributed by atoms with van der Waals surface area (Å²) in [5, 5.41) is 9.27. The Balaban J connectivity index is 1.57. The van der Waals surface area contributed by atoms with E-state index < -0.39 is 20.5 Å². The van der Waals surface area contributed by atoms with Crippen LogP contribution >= 0.6 is 0 Å². The maximum atomic E-state index is 13.0. The average molecular weight is 552 g/mol. The smallest absolute Gasteiger partial charge is 0.407 e. The third kappa shape index (κ3) is 8.08. The molecule has 2 aromatic rings. The summed E-state index contributed by atoms with van der Waals surface area (Å²) < 4.78 is 11.8. The minimum atomic E-state index is -1.92. The van der Waals surface area contributed by atoms with Gasteiger partial charge in [0.2, 0.25) is 5.91 Å². The number of fused-ring (bicyclic) bond motifs is 3. The maximum absolute atomic E-state index is 13.0. The molecule has 3 rings (SSSR count). The molecule has 39 heavy (non-hydrogen) atoms. The highest BCUT2D eigenvalue weighted by molar-refractivity contribution is 6.74. The summed E-state index contributed by atoms with van der Waals surface area (Å²) in [6.45, 7) is 12.1. The van der Waals surface area contributed by atoms with E-state index in [0.29, 0.717) is 39.0 Å². The van der Waals surface area contributed by atoms with Gasteiger partial charge in [0, 0.05) is 23.9 Å². The second-order valence-corrected chi connectivity index (χ2v) is 16.2. The van der Waals surface area contributed by atoms with Gasteiger partial charge >= 0.3 is 6.09 Å². The molecule has 2 aromatic carbocycles. The molecule has 2 N–H and O–H groups in total. The lowest BCUT2D eigenvalue weighted by atomic mass is 9.98. The Kier molecular flexibility index (Phi) is 10.6. The van der Waals surface area contributed by atoms with Crippen LogP contribution in [0, 0.1) is 0 Å². The molecule has 0 aliphatic heterocycles. The molecular weight excluding hydrogens is 510 g/mol. The van der Waals surface area contributed by atoms with Crippen LogP contribution in [0.2, 0.25) is 18.1 Å². The minimum Gasteiger partial charge on any atom is -0.449 e. The largest absolute Gasteiger partial charge is 0.449 e. The van der Waals surface area contributed by atoms with Crippen LogP contribution in [0.15, 0.2) is 53.6 Å². The first-order valence-electron chi connectivity index (χ1n) is 13.6. The molecule has 10 heteroatoms. The van der Waals surface area contributed by atoms with Gasteiger partial charge in [-0.25, -0.2) is 4.79 Å². The Morgan fingerprint density at radius 1 is 1.05 bits per heavy atom. The molecule has 1 atom stereocenters. The first-order chi connectivity index (χ1) is 18.5. The van der Waals surface area contributed by atoms with Crippen LogP contribution in [0.1, 0.15) is 57.1 Å². The fraction of sp³-hybridized carbons (Fsp3) is 0.517. The molecule has 210 valence electrons. The fourth-order valence-electron chi connectivity index (χ4n) is 4.45. The van der Waals surface area contributed by atoms with Crippen LogP contribution in [-0.4, -0.2) is 52.7 Å². The molecule has 0 spiro atoms. The molecule has 0 saturated heterocycles. The van der Waals surface area contributed by atoms with Gasteiger partial charge in [-0.2, -0.15) is 0 Å². The van der Waals surface area contributed by atoms with Crippen LogP contribution < -0.4 is 10.6 Å². The quantitative estimate of drug-likeness (QED) is 0.0967. The van der Waals surface area contributed by atoms with E-state index in [9.17, 15) is 9.59 Å². The van der Waals surface area contributed by atoms with Gasteiger partial charge in [0.05, 0.1) is 6.61 Å². The van der Waals surface area contributed by atoms with Gasteiger partial charge in [0.25, 0.3) is 0 Å². The lowest BCUT2D eigenvalue weighted by Gasteiger charge is -2.36. The molecule has 0 radical (unpaired) electrons. The Hall–Kier alpha value is -3.33. The summed E-state index contributed by atoms with van der Waals surface area (Å²) in [4.78, 5) is 28.6. The van der Waals surface area contributed by atoms with Crippen LogP contribution in [0.25, 0.3) is 21.6 Å². The zero-order valence-electron chi connectivity index (χ0n) is 23.7. The van der Waals surface area contributed by atoms with Crippen molar-refractivity contribution >= 4 is 20.3 Å². The second kappa shape index (κ2) is 13.6. The Bertz CT molecular complexity index is 1140. The van der Waals surface area contributed by atoms with Gasteiger partial charge in [-0.3, -0.25) is 4.79 Å². The van der Waals surface area contributed by atoms with Crippen molar-refractivity contribution < 1.29 is 18.8 Å². The van der Waals surface area contributed by atoms with E-state index in [0.717, 1.165) is 22.3 Å². The maximum Gasteiger partial charge on any atom is 0.407 e. The number of hydrogen-bond donors (Lipinski definition) is 2. The van der Waals surface area contributed by atoms with E-state index >= 15 is 0 Å². The number of rotatable bonds is 13. The molecule has 9 nitrogen and oxygen atoms in total. The molecule has 1 unspecified atom stereocenters. The van der Waals surface area contributed by atoms with Gasteiger partial charge in [0.1, 0.15) is 12.6 Å². The number of alkyl carbamates (subject to hydrolysis) is 1. The molecule has 0 aromatic heterocycles. The zero-order valence-corrected chi connectivity index (χ0v) is 24.7. The number of benzene rings is 2. The first kappa shape index (κ1) is 30.2. The van der Waals surface area contributed by atoms with Crippen molar-refractivity contribution in [2.24, 2.45) is 5.11 Å². The second-order valence-electron chi connectivity index (χ2n) is 11.4. The lowest BCUT2D eigenvalue weighted by Crippen LogP contribution is -2.48. The predicted molar refractivity (Wildman–Crippen MR) is 156 cm³/mol. The van der Waals surface area contributed by atoms with Gasteiger partial charge < -0.3 is 19.8 Å². The SMILES string of the molecule is CC(C)(C)[Si](C)(C)OCCNC(=O)C(CCCCN=[N+]=[N-])NC(=O)OCC1c2ccccc2-c2ccccc21. The van der Waals surface area contributed by atoms with Crippen molar-refractivity contribution in [3.8, 4) is 11.1 Å². The van der Waals surface area contributed by atoms with Crippen LogP contribution in [0.4, 0.5) is 4.79 Å². The molecular formula is C29H41N5O4Si. The summed E-state index contributed by atoms with van der Waals surface area (Å²) in [5.74, 6) is -0.349. The van der Waals surface area contributed by atoms with Crippen LogP contribution in [-0.2, 0) is 14.0 Å². The van der Waals surface area contributed by atoms with Gasteiger partial charge in [0.15, 0.2) is 8.32 Å². The van der Waals surface area contributed by atoms with Gasteiger partial charge in [-0.1, -0.05) is 80.8 Å². The number of ether oxygens (including phenoxy) is 1. The van der Waals surface area contributed by atoms with Crippen LogP contribution in [0.5, 0.6) is 0 Å². The summed E-state index contributed by atoms with van der Waals surface area (Å²) in [6, 6.07) is 15.5. The van der Waals surface area contributed by atoms with Crippen LogP contribution in [0.3, 0.4) is 0 Å². The van der Waals surface area contributed by atoms with E-state index in [4.69, 9.17) is 14.7 Å².